The molecule has 164 valence electrons. The van der Waals surface area contributed by atoms with E-state index in [1.807, 2.05) is 45.9 Å². The number of nitrogens with zero attached hydrogens (tertiary/aromatic N) is 2. The van der Waals surface area contributed by atoms with Crippen LogP contribution >= 0.6 is 0 Å². The van der Waals surface area contributed by atoms with Crippen LogP contribution in [0.2, 0.25) is 0 Å². The van der Waals surface area contributed by atoms with E-state index in [2.05, 4.69) is 10.6 Å². The van der Waals surface area contributed by atoms with Gasteiger partial charge in [0.2, 0.25) is 11.8 Å². The van der Waals surface area contributed by atoms with Gasteiger partial charge >= 0.3 is 6.09 Å². The number of hydrogen-bond donors (Lipinski definition) is 2. The molecule has 0 spiro atoms. The molecule has 0 heterocycles. The largest absolute Gasteiger partial charge is 0.444 e. The number of ether oxygens (including phenoxy) is 1. The predicted octanol–water partition coefficient (Wildman–Crippen LogP) is 2.75. The smallest absolute Gasteiger partial charge is 0.408 e. The lowest BCUT2D eigenvalue weighted by atomic mass is 9.98. The minimum atomic E-state index is -1.00. The van der Waals surface area contributed by atoms with Gasteiger partial charge in [-0.05, 0) is 65.2 Å². The van der Waals surface area contributed by atoms with Crippen molar-refractivity contribution >= 4 is 17.9 Å². The lowest BCUT2D eigenvalue weighted by molar-refractivity contribution is -0.139. The van der Waals surface area contributed by atoms with E-state index >= 15 is 0 Å². The molecule has 0 aliphatic rings. The fourth-order valence-electron chi connectivity index (χ4n) is 2.73. The molecule has 30 heavy (non-hydrogen) atoms. The van der Waals surface area contributed by atoms with Crippen molar-refractivity contribution in [1.82, 2.24) is 15.5 Å². The lowest BCUT2D eigenvalue weighted by Crippen LogP contribution is -2.49. The summed E-state index contributed by atoms with van der Waals surface area (Å²) >= 11 is 0. The molecule has 0 radical (unpaired) electrons. The molecule has 0 aromatic heterocycles. The second-order valence-electron chi connectivity index (χ2n) is 8.44. The third-order valence-electron chi connectivity index (χ3n) is 4.18. The first-order valence-corrected chi connectivity index (χ1v) is 9.86. The first-order valence-electron chi connectivity index (χ1n) is 9.86. The molecule has 1 rings (SSSR count). The van der Waals surface area contributed by atoms with Crippen molar-refractivity contribution in [2.75, 3.05) is 13.1 Å². The van der Waals surface area contributed by atoms with Gasteiger partial charge in [0.15, 0.2) is 0 Å². The van der Waals surface area contributed by atoms with Gasteiger partial charge in [-0.25, -0.2) is 4.79 Å². The van der Waals surface area contributed by atoms with Gasteiger partial charge in [0.25, 0.3) is 0 Å². The molecule has 0 aliphatic carbocycles. The number of rotatable bonds is 7. The van der Waals surface area contributed by atoms with Crippen LogP contribution in [0.1, 0.15) is 57.4 Å². The quantitative estimate of drug-likeness (QED) is 0.664. The number of hydrogen-bond acceptors (Lipinski definition) is 5. The number of amides is 3. The van der Waals surface area contributed by atoms with Crippen LogP contribution < -0.4 is 10.6 Å². The highest BCUT2D eigenvalue weighted by Gasteiger charge is 2.32. The van der Waals surface area contributed by atoms with Gasteiger partial charge in [-0.15, -0.1) is 0 Å². The van der Waals surface area contributed by atoms with E-state index < -0.39 is 36.1 Å². The topological polar surface area (TPSA) is 112 Å². The summed E-state index contributed by atoms with van der Waals surface area (Å²) in [6, 6.07) is 6.26. The number of carbonyl (C=O) groups excluding carboxylic acids is 3. The van der Waals surface area contributed by atoms with Crippen LogP contribution in [0.25, 0.3) is 0 Å². The lowest BCUT2D eigenvalue weighted by Gasteiger charge is -2.30. The molecule has 0 saturated heterocycles. The molecular formula is C22H32N4O4. The van der Waals surface area contributed by atoms with Crippen LogP contribution in [-0.4, -0.2) is 47.5 Å². The van der Waals surface area contributed by atoms with E-state index in [0.29, 0.717) is 5.56 Å². The average molecular weight is 417 g/mol. The molecule has 1 atom stereocenters. The van der Waals surface area contributed by atoms with E-state index in [0.717, 1.165) is 11.1 Å². The first-order chi connectivity index (χ1) is 13.9. The summed E-state index contributed by atoms with van der Waals surface area (Å²) in [6.45, 7) is 11.9. The second kappa shape index (κ2) is 10.6. The SMILES string of the molecule is Cc1ccc(C(C(=O)NC(C)C)N(CC#N)C(=O)CNC(=O)OC(C)(C)C)cc1C. The van der Waals surface area contributed by atoms with Crippen LogP contribution in [-0.2, 0) is 14.3 Å². The summed E-state index contributed by atoms with van der Waals surface area (Å²) in [4.78, 5) is 38.9. The molecule has 0 saturated carbocycles. The summed E-state index contributed by atoms with van der Waals surface area (Å²) < 4.78 is 5.14. The summed E-state index contributed by atoms with van der Waals surface area (Å²) in [7, 11) is 0. The van der Waals surface area contributed by atoms with Gasteiger partial charge in [-0.1, -0.05) is 18.2 Å². The Balaban J connectivity index is 3.18. The summed E-state index contributed by atoms with van der Waals surface area (Å²) in [5.41, 5.74) is 1.90. The second-order valence-corrected chi connectivity index (χ2v) is 8.44. The Morgan fingerprint density at radius 3 is 2.30 bits per heavy atom. The van der Waals surface area contributed by atoms with Crippen molar-refractivity contribution in [3.8, 4) is 6.07 Å². The van der Waals surface area contributed by atoms with Crippen LogP contribution in [0.3, 0.4) is 0 Å². The highest BCUT2D eigenvalue weighted by Crippen LogP contribution is 2.24. The minimum absolute atomic E-state index is 0.148. The zero-order valence-corrected chi connectivity index (χ0v) is 18.8. The first kappa shape index (κ1) is 25.0. The van der Waals surface area contributed by atoms with Gasteiger partial charge in [0.1, 0.15) is 24.7 Å². The number of alkyl carbamates (subject to hydrolysis) is 1. The Hall–Kier alpha value is -3.08. The Kier molecular flexibility index (Phi) is 8.84. The van der Waals surface area contributed by atoms with Crippen molar-refractivity contribution in [2.45, 2.75) is 66.2 Å². The van der Waals surface area contributed by atoms with Gasteiger partial charge < -0.3 is 20.3 Å². The predicted molar refractivity (Wildman–Crippen MR) is 113 cm³/mol. The van der Waals surface area contributed by atoms with Crippen LogP contribution in [0.5, 0.6) is 0 Å². The van der Waals surface area contributed by atoms with E-state index in [-0.39, 0.29) is 12.6 Å². The zero-order valence-electron chi connectivity index (χ0n) is 18.8. The molecule has 8 nitrogen and oxygen atoms in total. The molecule has 1 unspecified atom stereocenters. The Bertz CT molecular complexity index is 821. The number of nitriles is 1. The summed E-state index contributed by atoms with van der Waals surface area (Å²) in [5.74, 6) is -0.960. The third-order valence-corrected chi connectivity index (χ3v) is 4.18. The number of benzene rings is 1. The molecular weight excluding hydrogens is 384 g/mol. The summed E-state index contributed by atoms with van der Waals surface area (Å²) in [6.07, 6.45) is -0.748. The molecule has 3 amide bonds. The van der Waals surface area contributed by atoms with Crippen molar-refractivity contribution < 1.29 is 19.1 Å². The maximum absolute atomic E-state index is 13.0. The van der Waals surface area contributed by atoms with E-state index in [4.69, 9.17) is 4.74 Å². The molecule has 1 aromatic carbocycles. The normalized spacial score (nSPS) is 12.0. The Morgan fingerprint density at radius 1 is 1.17 bits per heavy atom. The Morgan fingerprint density at radius 2 is 1.80 bits per heavy atom. The van der Waals surface area contributed by atoms with E-state index in [1.165, 1.54) is 4.90 Å². The molecule has 0 bridgehead atoms. The summed E-state index contributed by atoms with van der Waals surface area (Å²) in [5, 5.41) is 14.5. The van der Waals surface area contributed by atoms with Gasteiger partial charge in [-0.2, -0.15) is 5.26 Å². The Labute approximate surface area is 178 Å². The number of nitrogens with one attached hydrogen (secondary N) is 2. The standard InChI is InChI=1S/C22H32N4O4/c1-14(2)25-20(28)19(17-9-8-15(3)16(4)12-17)26(11-10-23)18(27)13-24-21(29)30-22(5,6)7/h8-9,12,14,19H,11,13H2,1-7H3,(H,24,29)(H,25,28). The van der Waals surface area contributed by atoms with Crippen LogP contribution in [0.15, 0.2) is 18.2 Å². The zero-order chi connectivity index (χ0) is 23.1. The molecule has 1 aromatic rings. The molecule has 2 N–H and O–H groups in total. The maximum atomic E-state index is 13.0. The molecule has 0 fully saturated rings. The molecule has 8 heteroatoms. The van der Waals surface area contributed by atoms with Gasteiger partial charge in [-0.3, -0.25) is 9.59 Å². The van der Waals surface area contributed by atoms with Gasteiger partial charge in [0.05, 0.1) is 6.07 Å². The number of carbonyl (C=O) groups is 3. The van der Waals surface area contributed by atoms with Crippen molar-refractivity contribution in [1.29, 1.82) is 5.26 Å². The van der Waals surface area contributed by atoms with Crippen LogP contribution in [0.4, 0.5) is 4.79 Å². The fourth-order valence-corrected chi connectivity index (χ4v) is 2.73. The monoisotopic (exact) mass is 416 g/mol. The molecule has 0 aliphatic heterocycles. The minimum Gasteiger partial charge on any atom is -0.444 e. The average Bonchev–Trinajstić information content (AvgIpc) is 2.60. The number of aryl methyl sites for hydroxylation is 2. The van der Waals surface area contributed by atoms with Gasteiger partial charge in [0, 0.05) is 6.04 Å². The van der Waals surface area contributed by atoms with E-state index in [9.17, 15) is 19.6 Å². The van der Waals surface area contributed by atoms with E-state index in [1.54, 1.807) is 26.8 Å². The highest BCUT2D eigenvalue weighted by molar-refractivity contribution is 5.90. The van der Waals surface area contributed by atoms with Crippen molar-refractivity contribution in [3.63, 3.8) is 0 Å². The van der Waals surface area contributed by atoms with Crippen molar-refractivity contribution in [2.24, 2.45) is 0 Å². The van der Waals surface area contributed by atoms with Crippen molar-refractivity contribution in [3.05, 3.63) is 34.9 Å². The maximum Gasteiger partial charge on any atom is 0.408 e. The van der Waals surface area contributed by atoms with Crippen LogP contribution in [0, 0.1) is 25.2 Å². The highest BCUT2D eigenvalue weighted by atomic mass is 16.6. The fraction of sp³-hybridized carbons (Fsp3) is 0.545. The third kappa shape index (κ3) is 7.74.